The number of aromatic nitrogens is 3. The Hall–Kier alpha value is -3.31. The number of fused-ring (bicyclic) bond motifs is 1. The molecular formula is C24H19Cl2N5O4S. The standard InChI is InChI=1S/C24H19Cl2N5O4S/c25-14-5-6-15(16(26)13-14)19(29-7-9-30(10-8-29)22(32)18-4-2-12-35-18)20-23(33)31-24(36-20)27-21(28-31)17-3-1-11-34-17/h1-6,11-13,19,33H,7-10H2/t19-/m0/s1. The molecule has 0 aliphatic carbocycles. The molecule has 1 aliphatic heterocycles. The quantitative estimate of drug-likeness (QED) is 0.325. The average molecular weight is 544 g/mol. The molecule has 9 nitrogen and oxygen atoms in total. The molecular weight excluding hydrogens is 525 g/mol. The molecule has 184 valence electrons. The molecule has 1 saturated heterocycles. The second-order valence-corrected chi connectivity index (χ2v) is 10.1. The van der Waals surface area contributed by atoms with Crippen molar-refractivity contribution in [3.05, 3.63) is 81.2 Å². The van der Waals surface area contributed by atoms with Crippen LogP contribution >= 0.6 is 34.5 Å². The first-order valence-electron chi connectivity index (χ1n) is 11.1. The summed E-state index contributed by atoms with van der Waals surface area (Å²) in [6, 6.07) is 11.8. The van der Waals surface area contributed by atoms with Crippen LogP contribution in [-0.4, -0.2) is 61.6 Å². The van der Waals surface area contributed by atoms with Crippen molar-refractivity contribution in [3.8, 4) is 17.5 Å². The Kier molecular flexibility index (Phi) is 5.96. The Morgan fingerprint density at radius 2 is 1.83 bits per heavy atom. The van der Waals surface area contributed by atoms with Gasteiger partial charge in [-0.1, -0.05) is 40.6 Å². The van der Waals surface area contributed by atoms with Crippen LogP contribution in [0.2, 0.25) is 10.0 Å². The topological polar surface area (TPSA) is 100 Å². The van der Waals surface area contributed by atoms with Crippen LogP contribution in [0.1, 0.15) is 27.0 Å². The van der Waals surface area contributed by atoms with Crippen LogP contribution in [0.15, 0.2) is 63.8 Å². The third kappa shape index (κ3) is 4.05. The molecule has 0 spiro atoms. The van der Waals surface area contributed by atoms with E-state index >= 15 is 0 Å². The highest BCUT2D eigenvalue weighted by atomic mass is 35.5. The van der Waals surface area contributed by atoms with Gasteiger partial charge in [0, 0.05) is 36.2 Å². The molecule has 5 aromatic rings. The maximum absolute atomic E-state index is 12.7. The number of nitrogens with zero attached hydrogens (tertiary/aromatic N) is 5. The van der Waals surface area contributed by atoms with E-state index in [1.165, 1.54) is 22.1 Å². The van der Waals surface area contributed by atoms with Gasteiger partial charge in [-0.25, -0.2) is 0 Å². The minimum absolute atomic E-state index is 0.0228. The number of aromatic hydroxyl groups is 1. The zero-order chi connectivity index (χ0) is 24.8. The zero-order valence-electron chi connectivity index (χ0n) is 18.7. The van der Waals surface area contributed by atoms with E-state index in [9.17, 15) is 9.90 Å². The summed E-state index contributed by atoms with van der Waals surface area (Å²) in [4.78, 5) is 22.4. The summed E-state index contributed by atoms with van der Waals surface area (Å²) < 4.78 is 12.1. The summed E-state index contributed by atoms with van der Waals surface area (Å²) in [6.07, 6.45) is 3.04. The normalized spacial score (nSPS) is 15.6. The molecule has 0 unspecified atom stereocenters. The fraction of sp³-hybridized carbons (Fsp3) is 0.208. The number of piperazine rings is 1. The molecule has 1 atom stereocenters. The molecule has 5 heterocycles. The van der Waals surface area contributed by atoms with Gasteiger partial charge < -0.3 is 18.8 Å². The first-order chi connectivity index (χ1) is 17.5. The fourth-order valence-electron chi connectivity index (χ4n) is 4.40. The van der Waals surface area contributed by atoms with Crippen LogP contribution in [0, 0.1) is 0 Å². The maximum atomic E-state index is 12.7. The Morgan fingerprint density at radius 1 is 1.06 bits per heavy atom. The Labute approximate surface area is 219 Å². The van der Waals surface area contributed by atoms with Gasteiger partial charge in [-0.15, -0.1) is 5.10 Å². The number of hydrogen-bond acceptors (Lipinski definition) is 8. The molecule has 12 heteroatoms. The van der Waals surface area contributed by atoms with E-state index in [2.05, 4.69) is 15.0 Å². The van der Waals surface area contributed by atoms with Crippen molar-refractivity contribution in [1.29, 1.82) is 0 Å². The van der Waals surface area contributed by atoms with Crippen molar-refractivity contribution >= 4 is 45.4 Å². The van der Waals surface area contributed by atoms with E-state index in [4.69, 9.17) is 32.0 Å². The summed E-state index contributed by atoms with van der Waals surface area (Å²) in [5, 5.41) is 16.7. The molecule has 0 bridgehead atoms. The summed E-state index contributed by atoms with van der Waals surface area (Å²) in [7, 11) is 0. The Morgan fingerprint density at radius 3 is 2.50 bits per heavy atom. The van der Waals surface area contributed by atoms with Crippen LogP contribution < -0.4 is 0 Å². The van der Waals surface area contributed by atoms with Crippen molar-refractivity contribution in [1.82, 2.24) is 24.4 Å². The predicted molar refractivity (Wildman–Crippen MR) is 135 cm³/mol. The van der Waals surface area contributed by atoms with Gasteiger partial charge in [0.2, 0.25) is 16.7 Å². The van der Waals surface area contributed by atoms with Crippen LogP contribution in [0.25, 0.3) is 16.5 Å². The summed E-state index contributed by atoms with van der Waals surface area (Å²) in [5.74, 6) is 1.05. The number of hydrogen-bond donors (Lipinski definition) is 1. The van der Waals surface area contributed by atoms with Gasteiger partial charge in [0.05, 0.1) is 23.4 Å². The molecule has 1 aliphatic rings. The van der Waals surface area contributed by atoms with Gasteiger partial charge in [-0.3, -0.25) is 9.69 Å². The smallest absolute Gasteiger partial charge is 0.289 e. The lowest BCUT2D eigenvalue weighted by molar-refractivity contribution is 0.0568. The van der Waals surface area contributed by atoms with Gasteiger partial charge in [0.1, 0.15) is 0 Å². The molecule has 0 radical (unpaired) electrons. The maximum Gasteiger partial charge on any atom is 0.289 e. The highest BCUT2D eigenvalue weighted by Crippen LogP contribution is 2.43. The van der Waals surface area contributed by atoms with E-state index in [-0.39, 0.29) is 11.8 Å². The molecule has 1 aromatic carbocycles. The van der Waals surface area contributed by atoms with Gasteiger partial charge in [0.25, 0.3) is 5.91 Å². The van der Waals surface area contributed by atoms with Crippen molar-refractivity contribution in [2.75, 3.05) is 26.2 Å². The number of amides is 1. The third-order valence-corrected chi connectivity index (χ3v) is 7.78. The molecule has 1 fully saturated rings. The SMILES string of the molecule is O=C(c1ccco1)N1CCN([C@@H](c2ccc(Cl)cc2Cl)c2sc3nc(-c4ccco4)nn3c2O)CC1. The van der Waals surface area contributed by atoms with E-state index in [1.807, 2.05) is 6.07 Å². The van der Waals surface area contributed by atoms with Crippen LogP contribution in [0.3, 0.4) is 0 Å². The summed E-state index contributed by atoms with van der Waals surface area (Å²) in [5.41, 5.74) is 0.790. The number of rotatable bonds is 5. The number of halogens is 2. The van der Waals surface area contributed by atoms with Gasteiger partial charge >= 0.3 is 0 Å². The molecule has 6 rings (SSSR count). The van der Waals surface area contributed by atoms with Gasteiger partial charge in [0.15, 0.2) is 11.5 Å². The van der Waals surface area contributed by atoms with Crippen molar-refractivity contribution < 1.29 is 18.7 Å². The predicted octanol–water partition coefficient (Wildman–Crippen LogP) is 5.20. The number of furan rings is 2. The molecule has 0 saturated carbocycles. The second kappa shape index (κ2) is 9.29. The lowest BCUT2D eigenvalue weighted by atomic mass is 10.0. The monoisotopic (exact) mass is 543 g/mol. The van der Waals surface area contributed by atoms with Crippen molar-refractivity contribution in [2.24, 2.45) is 0 Å². The van der Waals surface area contributed by atoms with Gasteiger partial charge in [-0.05, 0) is 42.0 Å². The molecule has 1 N–H and O–H groups in total. The number of carbonyl (C=O) groups excluding carboxylic acids is 1. The number of thiazole rings is 1. The fourth-order valence-corrected chi connectivity index (χ4v) is 6.02. The lowest BCUT2D eigenvalue weighted by Gasteiger charge is -2.39. The lowest BCUT2D eigenvalue weighted by Crippen LogP contribution is -2.49. The van der Waals surface area contributed by atoms with Gasteiger partial charge in [-0.2, -0.15) is 9.50 Å². The zero-order valence-corrected chi connectivity index (χ0v) is 21.0. The van der Waals surface area contributed by atoms with Crippen molar-refractivity contribution in [3.63, 3.8) is 0 Å². The van der Waals surface area contributed by atoms with Crippen LogP contribution in [-0.2, 0) is 0 Å². The molecule has 36 heavy (non-hydrogen) atoms. The van der Waals surface area contributed by atoms with Crippen molar-refractivity contribution in [2.45, 2.75) is 6.04 Å². The van der Waals surface area contributed by atoms with E-state index in [1.54, 1.807) is 47.6 Å². The summed E-state index contributed by atoms with van der Waals surface area (Å²) in [6.45, 7) is 2.10. The van der Waals surface area contributed by atoms with Crippen LogP contribution in [0.4, 0.5) is 0 Å². The minimum atomic E-state index is -0.392. The third-order valence-electron chi connectivity index (χ3n) is 6.15. The highest BCUT2D eigenvalue weighted by molar-refractivity contribution is 7.17. The molecule has 1 amide bonds. The van der Waals surface area contributed by atoms with E-state index in [0.29, 0.717) is 63.4 Å². The number of benzene rings is 1. The van der Waals surface area contributed by atoms with E-state index < -0.39 is 6.04 Å². The van der Waals surface area contributed by atoms with Crippen LogP contribution in [0.5, 0.6) is 5.88 Å². The second-order valence-electron chi connectivity index (χ2n) is 8.27. The highest BCUT2D eigenvalue weighted by Gasteiger charge is 2.34. The largest absolute Gasteiger partial charge is 0.492 e. The Balaban J connectivity index is 1.35. The number of carbonyl (C=O) groups is 1. The van der Waals surface area contributed by atoms with E-state index in [0.717, 1.165) is 5.56 Å². The Bertz CT molecular complexity index is 1520. The minimum Gasteiger partial charge on any atom is -0.492 e. The first-order valence-corrected chi connectivity index (χ1v) is 12.7. The average Bonchev–Trinajstić information content (AvgIpc) is 3.68. The molecule has 4 aromatic heterocycles. The summed E-state index contributed by atoms with van der Waals surface area (Å²) >= 11 is 14.1. The first kappa shape index (κ1) is 23.1.